The molecular formula is C128H118Ir3N6O3-6. The molecule has 0 N–H and O–H groups in total. The summed E-state index contributed by atoms with van der Waals surface area (Å²) >= 11 is 0. The van der Waals surface area contributed by atoms with Gasteiger partial charge in [0.15, 0.2) is 0 Å². The van der Waals surface area contributed by atoms with E-state index in [1.165, 1.54) is 110 Å². The van der Waals surface area contributed by atoms with Gasteiger partial charge in [-0.05, 0) is 288 Å². The second kappa shape index (κ2) is 45.0. The molecule has 21 rings (SSSR count). The normalized spacial score (nSPS) is 18.2. The summed E-state index contributed by atoms with van der Waals surface area (Å²) in [6.45, 7) is -29.6. The van der Waals surface area contributed by atoms with Crippen LogP contribution in [0.1, 0.15) is 216 Å². The summed E-state index contributed by atoms with van der Waals surface area (Å²) in [4.78, 5) is 25.6. The van der Waals surface area contributed by atoms with Crippen LogP contribution in [-0.2, 0) is 66.7 Å². The Balaban J connectivity index is 0.000000191. The Kier molecular flexibility index (Phi) is 17.6. The molecule has 140 heavy (non-hydrogen) atoms. The number of fused-ring (bicyclic) bond motifs is 9. The molecule has 9 heterocycles. The van der Waals surface area contributed by atoms with Crippen molar-refractivity contribution in [3.8, 4) is 101 Å². The van der Waals surface area contributed by atoms with Gasteiger partial charge in [-0.3, -0.25) is 0 Å². The summed E-state index contributed by atoms with van der Waals surface area (Å²) in [5.74, 6) is 0. The Morgan fingerprint density at radius 3 is 0.864 bits per heavy atom. The molecule has 711 valence electrons. The van der Waals surface area contributed by atoms with Crippen LogP contribution < -0.4 is 0 Å². The quantitative estimate of drug-likeness (QED) is 0.123. The van der Waals surface area contributed by atoms with E-state index >= 15 is 0 Å². The first-order valence-electron chi connectivity index (χ1n) is 69.1. The summed E-state index contributed by atoms with van der Waals surface area (Å²) < 4.78 is 433. The third-order valence-corrected chi connectivity index (χ3v) is 21.9. The van der Waals surface area contributed by atoms with Crippen LogP contribution in [0, 0.1) is 186 Å². The summed E-state index contributed by atoms with van der Waals surface area (Å²) in [5.41, 5.74) is 8.53. The minimum atomic E-state index is -2.68. The largest absolute Gasteiger partial charge is 0.500 e. The van der Waals surface area contributed by atoms with Crippen molar-refractivity contribution in [2.75, 3.05) is 0 Å². The van der Waals surface area contributed by atoms with Gasteiger partial charge in [0.25, 0.3) is 0 Å². The van der Waals surface area contributed by atoms with Crippen molar-refractivity contribution in [3.05, 3.63) is 426 Å². The molecule has 9 nitrogen and oxygen atoms in total. The fourth-order valence-electron chi connectivity index (χ4n) is 15.3. The van der Waals surface area contributed by atoms with Crippen LogP contribution in [0.4, 0.5) is 0 Å². The van der Waals surface area contributed by atoms with Gasteiger partial charge >= 0.3 is 0 Å². The van der Waals surface area contributed by atoms with E-state index in [0.717, 1.165) is 36.8 Å². The fraction of sp³-hybridized carbons (Fsp3) is 0.203. The number of furan rings is 3. The molecule has 0 bridgehead atoms. The Bertz CT molecular complexity index is 9600. The van der Waals surface area contributed by atoms with Crippen LogP contribution in [-0.4, -0.2) is 29.9 Å². The zero-order valence-electron chi connectivity index (χ0n) is 129. The molecule has 3 radical (unpaired) electrons. The number of hydrogen-bond donors (Lipinski definition) is 0. The molecule has 9 aromatic heterocycles. The van der Waals surface area contributed by atoms with Crippen molar-refractivity contribution >= 4 is 65.8 Å². The molecule has 0 atom stereocenters. The molecule has 0 saturated carbocycles. The van der Waals surface area contributed by atoms with E-state index in [1.54, 1.807) is 149 Å². The minimum absolute atomic E-state index is 0. The average Bonchev–Trinajstić information content (AvgIpc) is 1.66. The second-order valence-corrected chi connectivity index (χ2v) is 33.4. The SMILES string of the molecule is [2H]C([2H])([2H])c1c[c-]c(-c2cc(C)c(C([2H])([2H])[2H])cn2)cc1.[2H]C([2H])([2H])c1c[c-]c(-c2ccc(C([2H])([2H])C(C)(C)C)cn2)cc1.[2H]C([2H])([2H])c1c[c-]c(-c2ccc(C([2H])([2H])[2H])cn2)cc1.[2H]C([2H])([2H])c1cc(C([2H])([2H])[2H])c2oc3c(-c4cc(-c5ccc(C)cc5C([2H])([2H])[2H])c(C([2H])([2H])[2H])cn4)[c-]ccc3c2c1.[2H]C([2H])([2H])c1cc(C([2H])([2H])[2H])c2oc3c(-c4cc(-c5ccc(C)cc5C([2H])([2H])[2H])c(C([2H])([2H])[2H])cn4)[c-]ccc3c2c1.[2H]C([2H])([2H])c1cc(C([2H])([2H])[2H])c2oc3c(-c4cc(-c5ccc(C)cc5C([2H])([2H])[2H])c(C([2H])([2H])[2H])cn4)[c-]ccc3c2c1.[Ir].[Ir].[Ir]. The molecule has 0 spiro atoms. The van der Waals surface area contributed by atoms with Crippen LogP contribution in [0.2, 0.25) is 0 Å². The van der Waals surface area contributed by atoms with Gasteiger partial charge in [-0.15, -0.1) is 161 Å². The van der Waals surface area contributed by atoms with E-state index in [-0.39, 0.29) is 272 Å². The maximum absolute atomic E-state index is 8.25. The Hall–Kier alpha value is -13.1. The zero-order valence-corrected chi connectivity index (χ0v) is 83.0. The molecule has 0 saturated heterocycles. The smallest absolute Gasteiger partial charge is 0.123 e. The molecule has 12 heteroatoms. The predicted molar refractivity (Wildman–Crippen MR) is 572 cm³/mol. The van der Waals surface area contributed by atoms with Gasteiger partial charge in [0.2, 0.25) is 0 Å². The van der Waals surface area contributed by atoms with Crippen molar-refractivity contribution in [1.29, 1.82) is 0 Å². The number of aryl methyl sites for hydroxylation is 21. The zero-order chi connectivity index (χ0) is 141. The van der Waals surface area contributed by atoms with Crippen molar-refractivity contribution in [2.45, 2.75) is 171 Å². The van der Waals surface area contributed by atoms with E-state index in [1.807, 2.05) is 20.8 Å². The molecule has 0 amide bonds. The van der Waals surface area contributed by atoms with Gasteiger partial charge in [0.1, 0.15) is 16.7 Å². The standard InChI is InChI=1S/3C28H24NO.C17H20N.C14H14N.C13H12N.3Ir/c3*1-16-9-10-21(18(3)11-16)24-14-26(29-15-20(24)5)23-8-6-7-22-25-13-17(2)12-19(4)27(25)30-28(22)23;1-13-5-8-15(9-6-13)16-10-7-14(12-18-16)11-17(2,3)4;1-10-4-6-13(7-5-10)14-8-11(2)12(3)9-15-14;1-10-3-6-12(7-4-10)13-8-5-11(2)9-14-13;;;/h3*6-7,9-15H,1-5H3;5-8,10,12H,11H2,1-4H3;4-6,8-9H,1-3H3;3-6,8-9H,1-2H3;;;/q6*-1;;;/i3*2D3,3D3,4D3,5D3;1D3,11D2;1D3,3D3;1D3,2D3;;;. The van der Waals surface area contributed by atoms with Gasteiger partial charge in [-0.1, -0.05) is 234 Å². The molecule has 0 aliphatic heterocycles. The maximum atomic E-state index is 8.25. The van der Waals surface area contributed by atoms with Crippen LogP contribution in [0.5, 0.6) is 0 Å². The first kappa shape index (κ1) is 54.6. The van der Waals surface area contributed by atoms with E-state index in [9.17, 15) is 0 Å². The molecule has 0 aliphatic rings. The molecular weight excluding hydrogens is 2250 g/mol. The van der Waals surface area contributed by atoms with E-state index in [2.05, 4.69) is 66.3 Å². The van der Waals surface area contributed by atoms with E-state index in [0.29, 0.717) is 77.7 Å². The average molecular weight is 2420 g/mol. The van der Waals surface area contributed by atoms with Gasteiger partial charge in [-0.2, -0.15) is 0 Å². The fourth-order valence-corrected chi connectivity index (χ4v) is 15.3. The third-order valence-electron chi connectivity index (χ3n) is 21.9. The van der Waals surface area contributed by atoms with Gasteiger partial charge in [-0.25, -0.2) is 0 Å². The first-order valence-corrected chi connectivity index (χ1v) is 42.6. The van der Waals surface area contributed by atoms with Gasteiger partial charge in [0.05, 0.1) is 16.7 Å². The first-order chi connectivity index (χ1) is 87.0. The number of aromatic nitrogens is 6. The summed E-state index contributed by atoms with van der Waals surface area (Å²) in [6.07, 6.45) is 6.17. The Morgan fingerprint density at radius 2 is 0.557 bits per heavy atom. The maximum Gasteiger partial charge on any atom is 0.123 e. The molecule has 12 aromatic carbocycles. The van der Waals surface area contributed by atoms with Gasteiger partial charge < -0.3 is 43.2 Å². The Labute approximate surface area is 941 Å². The van der Waals surface area contributed by atoms with Crippen LogP contribution in [0.25, 0.3) is 167 Å². The number of nitrogens with zero attached hydrogens (tertiary/aromatic N) is 6. The van der Waals surface area contributed by atoms with Gasteiger partial charge in [0, 0.05) is 186 Å². The number of hydrogen-bond acceptors (Lipinski definition) is 9. The van der Waals surface area contributed by atoms with Crippen LogP contribution in [0.3, 0.4) is 0 Å². The van der Waals surface area contributed by atoms with E-state index < -0.39 is 128 Å². The Morgan fingerprint density at radius 1 is 0.243 bits per heavy atom. The molecule has 0 aliphatic carbocycles. The molecule has 0 unspecified atom stereocenters. The number of benzene rings is 12. The summed E-state index contributed by atoms with van der Waals surface area (Å²) in [6, 6.07) is 75.2. The van der Waals surface area contributed by atoms with Crippen molar-refractivity contribution in [3.63, 3.8) is 0 Å². The van der Waals surface area contributed by atoms with Crippen molar-refractivity contribution in [1.82, 2.24) is 29.9 Å². The van der Waals surface area contributed by atoms with Crippen LogP contribution in [0.15, 0.2) is 281 Å². The number of pyridine rings is 6. The molecule has 0 fully saturated rings. The molecule has 21 aromatic rings. The van der Waals surface area contributed by atoms with E-state index in [4.69, 9.17) is 85.9 Å². The minimum Gasteiger partial charge on any atom is -0.500 e. The third kappa shape index (κ3) is 24.0. The summed E-state index contributed by atoms with van der Waals surface area (Å²) in [7, 11) is 0. The predicted octanol–water partition coefficient (Wildman–Crippen LogP) is 34.0. The van der Waals surface area contributed by atoms with Crippen LogP contribution >= 0.6 is 0 Å². The van der Waals surface area contributed by atoms with Crippen molar-refractivity contribution in [2.24, 2.45) is 5.41 Å². The topological polar surface area (TPSA) is 117 Å². The van der Waals surface area contributed by atoms with Crippen molar-refractivity contribution < 1.29 is 146 Å². The summed E-state index contributed by atoms with van der Waals surface area (Å²) in [5, 5.41) is 2.08. The second-order valence-electron chi connectivity index (χ2n) is 33.4. The number of rotatable bonds is 10. The monoisotopic (exact) mass is 2420 g/mol.